The number of aryl methyl sites for hydroxylation is 1. The molecule has 23 heavy (non-hydrogen) atoms. The quantitative estimate of drug-likeness (QED) is 0.426. The van der Waals surface area contributed by atoms with Crippen molar-refractivity contribution >= 4 is 23.6 Å². The molecule has 0 fully saturated rings. The minimum atomic E-state index is -0.425. The van der Waals surface area contributed by atoms with Gasteiger partial charge < -0.3 is 4.98 Å². The van der Waals surface area contributed by atoms with Gasteiger partial charge in [-0.2, -0.15) is 0 Å². The van der Waals surface area contributed by atoms with Crippen LogP contribution in [0.15, 0.2) is 54.6 Å². The number of hydrogen-bond acceptors (Lipinski definition) is 4. The van der Waals surface area contributed by atoms with Crippen molar-refractivity contribution in [3.05, 3.63) is 75.2 Å². The Hall–Kier alpha value is -2.93. The second kappa shape index (κ2) is 6.05. The first-order chi connectivity index (χ1) is 11.1. The lowest BCUT2D eigenvalue weighted by Crippen LogP contribution is -2.10. The van der Waals surface area contributed by atoms with E-state index >= 15 is 0 Å². The zero-order valence-corrected chi connectivity index (χ0v) is 13.1. The summed E-state index contributed by atoms with van der Waals surface area (Å²) in [6, 6.07) is 16.1. The predicted octanol–water partition coefficient (Wildman–Crippen LogP) is 4.30. The minimum Gasteiger partial charge on any atom is -0.333 e. The third kappa shape index (κ3) is 3.00. The fraction of sp³-hybridized carbons (Fsp3) is 0.0625. The molecule has 7 heteroatoms. The molecule has 0 spiro atoms. The number of imidazole rings is 1. The maximum absolute atomic E-state index is 10.7. The van der Waals surface area contributed by atoms with E-state index in [2.05, 4.69) is 10.4 Å². The first kappa shape index (κ1) is 15.0. The molecule has 2 aromatic carbocycles. The summed E-state index contributed by atoms with van der Waals surface area (Å²) in [6.07, 6.45) is 0. The van der Waals surface area contributed by atoms with Gasteiger partial charge in [-0.1, -0.05) is 30.3 Å². The van der Waals surface area contributed by atoms with Gasteiger partial charge in [0.1, 0.15) is 0 Å². The predicted molar refractivity (Wildman–Crippen MR) is 91.9 cm³/mol. The van der Waals surface area contributed by atoms with Gasteiger partial charge in [-0.3, -0.25) is 15.5 Å². The van der Waals surface area contributed by atoms with Crippen LogP contribution in [0.1, 0.15) is 5.69 Å². The van der Waals surface area contributed by atoms with Gasteiger partial charge in [0, 0.05) is 23.4 Å². The molecule has 0 saturated heterocycles. The van der Waals surface area contributed by atoms with Crippen LogP contribution in [0, 0.1) is 21.8 Å². The Bertz CT molecular complexity index is 898. The molecule has 3 rings (SSSR count). The van der Waals surface area contributed by atoms with Crippen LogP contribution in [-0.4, -0.2) is 14.6 Å². The Morgan fingerprint density at radius 3 is 2.39 bits per heavy atom. The summed E-state index contributed by atoms with van der Waals surface area (Å²) in [7, 11) is 0. The number of hydrogen-bond donors (Lipinski definition) is 2. The van der Waals surface area contributed by atoms with Gasteiger partial charge >= 0.3 is 0 Å². The van der Waals surface area contributed by atoms with Crippen molar-refractivity contribution in [2.75, 3.05) is 5.43 Å². The van der Waals surface area contributed by atoms with E-state index in [0.29, 0.717) is 10.5 Å². The normalized spacial score (nSPS) is 10.5. The average molecular weight is 326 g/mol. The van der Waals surface area contributed by atoms with E-state index in [1.165, 1.54) is 12.1 Å². The molecule has 3 aromatic rings. The number of nitrogens with one attached hydrogen (secondary N) is 2. The number of aromatic nitrogens is 2. The Morgan fingerprint density at radius 1 is 1.13 bits per heavy atom. The second-order valence-corrected chi connectivity index (χ2v) is 5.41. The van der Waals surface area contributed by atoms with Gasteiger partial charge in [-0.25, -0.2) is 4.68 Å². The molecule has 0 saturated carbocycles. The summed E-state index contributed by atoms with van der Waals surface area (Å²) in [6.45, 7) is 1.95. The van der Waals surface area contributed by atoms with Crippen LogP contribution in [0.2, 0.25) is 0 Å². The number of nitro groups is 1. The number of anilines is 1. The van der Waals surface area contributed by atoms with Crippen molar-refractivity contribution in [3.63, 3.8) is 0 Å². The van der Waals surface area contributed by atoms with Gasteiger partial charge in [0.05, 0.1) is 16.3 Å². The molecule has 1 aromatic heterocycles. The Balaban J connectivity index is 2.00. The Labute approximate surface area is 137 Å². The van der Waals surface area contributed by atoms with Crippen LogP contribution < -0.4 is 5.43 Å². The van der Waals surface area contributed by atoms with Crippen LogP contribution in [0.3, 0.4) is 0 Å². The van der Waals surface area contributed by atoms with E-state index in [4.69, 9.17) is 12.2 Å². The zero-order valence-electron chi connectivity index (χ0n) is 12.3. The molecule has 0 aliphatic heterocycles. The van der Waals surface area contributed by atoms with Crippen molar-refractivity contribution in [3.8, 4) is 11.3 Å². The van der Waals surface area contributed by atoms with Crippen molar-refractivity contribution in [2.24, 2.45) is 0 Å². The molecule has 0 bridgehead atoms. The van der Waals surface area contributed by atoms with Crippen molar-refractivity contribution in [2.45, 2.75) is 6.92 Å². The average Bonchev–Trinajstić information content (AvgIpc) is 2.82. The maximum atomic E-state index is 10.7. The van der Waals surface area contributed by atoms with Crippen LogP contribution in [0.25, 0.3) is 11.3 Å². The van der Waals surface area contributed by atoms with Crippen LogP contribution in [0.5, 0.6) is 0 Å². The SMILES string of the molecule is Cc1[nH]c(=S)n(Nc2ccc([N+](=O)[O-])cc2)c1-c1ccccc1. The van der Waals surface area contributed by atoms with Gasteiger partial charge in [0.25, 0.3) is 5.69 Å². The monoisotopic (exact) mass is 326 g/mol. The molecular weight excluding hydrogens is 312 g/mol. The van der Waals surface area contributed by atoms with E-state index in [1.807, 2.05) is 37.3 Å². The molecule has 0 unspecified atom stereocenters. The highest BCUT2D eigenvalue weighted by Crippen LogP contribution is 2.24. The first-order valence-corrected chi connectivity index (χ1v) is 7.35. The summed E-state index contributed by atoms with van der Waals surface area (Å²) < 4.78 is 2.29. The fourth-order valence-electron chi connectivity index (χ4n) is 2.38. The van der Waals surface area contributed by atoms with Crippen LogP contribution in [0.4, 0.5) is 11.4 Å². The van der Waals surface area contributed by atoms with E-state index in [-0.39, 0.29) is 5.69 Å². The molecule has 0 atom stereocenters. The van der Waals surface area contributed by atoms with E-state index in [1.54, 1.807) is 16.8 Å². The molecule has 0 radical (unpaired) electrons. The van der Waals surface area contributed by atoms with Gasteiger partial charge in [0.2, 0.25) is 0 Å². The van der Waals surface area contributed by atoms with E-state index in [0.717, 1.165) is 17.0 Å². The zero-order chi connectivity index (χ0) is 16.4. The molecule has 6 nitrogen and oxygen atoms in total. The number of benzene rings is 2. The third-order valence-electron chi connectivity index (χ3n) is 3.44. The molecule has 116 valence electrons. The summed E-state index contributed by atoms with van der Waals surface area (Å²) in [4.78, 5) is 13.4. The van der Waals surface area contributed by atoms with Crippen LogP contribution >= 0.6 is 12.2 Å². The van der Waals surface area contributed by atoms with Crippen molar-refractivity contribution in [1.29, 1.82) is 0 Å². The lowest BCUT2D eigenvalue weighted by Gasteiger charge is -2.12. The highest BCUT2D eigenvalue weighted by atomic mass is 32.1. The molecule has 2 N–H and O–H groups in total. The lowest BCUT2D eigenvalue weighted by atomic mass is 10.1. The highest BCUT2D eigenvalue weighted by Gasteiger charge is 2.12. The second-order valence-electron chi connectivity index (χ2n) is 5.02. The molecule has 1 heterocycles. The molecular formula is C16H14N4O2S. The minimum absolute atomic E-state index is 0.0488. The molecule has 0 aliphatic carbocycles. The summed E-state index contributed by atoms with van der Waals surface area (Å²) in [5.41, 5.74) is 6.83. The van der Waals surface area contributed by atoms with E-state index < -0.39 is 4.92 Å². The van der Waals surface area contributed by atoms with Crippen LogP contribution in [-0.2, 0) is 0 Å². The molecule has 0 aliphatic rings. The fourth-order valence-corrected chi connectivity index (χ4v) is 2.67. The topological polar surface area (TPSA) is 75.9 Å². The summed E-state index contributed by atoms with van der Waals surface area (Å²) in [5, 5.41) is 10.7. The maximum Gasteiger partial charge on any atom is 0.269 e. The van der Waals surface area contributed by atoms with Gasteiger partial charge in [-0.05, 0) is 31.3 Å². The lowest BCUT2D eigenvalue weighted by molar-refractivity contribution is -0.384. The highest BCUT2D eigenvalue weighted by molar-refractivity contribution is 7.71. The number of nitro benzene ring substituents is 1. The third-order valence-corrected chi connectivity index (χ3v) is 3.73. The summed E-state index contributed by atoms with van der Waals surface area (Å²) in [5.74, 6) is 0. The number of non-ortho nitro benzene ring substituents is 1. The molecule has 0 amide bonds. The number of aromatic amines is 1. The smallest absolute Gasteiger partial charge is 0.269 e. The van der Waals surface area contributed by atoms with E-state index in [9.17, 15) is 10.1 Å². The largest absolute Gasteiger partial charge is 0.333 e. The Kier molecular flexibility index (Phi) is 3.94. The van der Waals surface area contributed by atoms with Gasteiger partial charge in [-0.15, -0.1) is 0 Å². The number of nitrogens with zero attached hydrogens (tertiary/aromatic N) is 2. The van der Waals surface area contributed by atoms with Gasteiger partial charge in [0.15, 0.2) is 4.77 Å². The summed E-state index contributed by atoms with van der Waals surface area (Å²) >= 11 is 5.36. The van der Waals surface area contributed by atoms with Crippen molar-refractivity contribution in [1.82, 2.24) is 9.66 Å². The number of rotatable bonds is 4. The van der Waals surface area contributed by atoms with Crippen molar-refractivity contribution < 1.29 is 4.92 Å². The number of H-pyrrole nitrogens is 1. The Morgan fingerprint density at radius 2 is 1.78 bits per heavy atom. The standard InChI is InChI=1S/C16H14N4O2S/c1-11-15(12-5-3-2-4-6-12)19(16(23)17-11)18-13-7-9-14(10-8-13)20(21)22/h2-10,18H,1H3,(H,17,23). The first-order valence-electron chi connectivity index (χ1n) is 6.95.